The summed E-state index contributed by atoms with van der Waals surface area (Å²) in [6.45, 7) is 3.28. The van der Waals surface area contributed by atoms with Gasteiger partial charge in [-0.3, -0.25) is 10.1 Å². The topological polar surface area (TPSA) is 52.4 Å². The molecule has 0 aliphatic carbocycles. The Morgan fingerprint density at radius 3 is 2.69 bits per heavy atom. The van der Waals surface area contributed by atoms with Crippen LogP contribution in [0.2, 0.25) is 0 Å². The van der Waals surface area contributed by atoms with Crippen LogP contribution in [0.5, 0.6) is 0 Å². The number of allylic oxidation sites excluding steroid dienone is 2. The summed E-state index contributed by atoms with van der Waals surface area (Å²) >= 11 is 0. The largest absolute Gasteiger partial charge is 0.381 e. The summed E-state index contributed by atoms with van der Waals surface area (Å²) in [7, 11) is 0. The third kappa shape index (κ3) is 3.14. The third-order valence-electron chi connectivity index (χ3n) is 2.29. The molecule has 0 aromatic carbocycles. The molecule has 1 aliphatic rings. The van der Waals surface area contributed by atoms with Crippen LogP contribution in [0.3, 0.4) is 0 Å². The minimum atomic E-state index is -0.282. The molecule has 4 heteroatoms. The summed E-state index contributed by atoms with van der Waals surface area (Å²) in [5.41, 5.74) is 0.340. The maximum atomic E-state index is 10.5. The molecule has 1 aliphatic heterocycles. The van der Waals surface area contributed by atoms with Gasteiger partial charge in [0.15, 0.2) is 0 Å². The van der Waals surface area contributed by atoms with Gasteiger partial charge in [0.2, 0.25) is 5.70 Å². The van der Waals surface area contributed by atoms with E-state index in [0.29, 0.717) is 18.0 Å². The van der Waals surface area contributed by atoms with Crippen LogP contribution >= 0.6 is 0 Å². The van der Waals surface area contributed by atoms with Crippen LogP contribution in [0.15, 0.2) is 11.8 Å². The fourth-order valence-corrected chi connectivity index (χ4v) is 1.46. The van der Waals surface area contributed by atoms with Crippen molar-refractivity contribution in [3.8, 4) is 0 Å². The van der Waals surface area contributed by atoms with Gasteiger partial charge in [0.05, 0.1) is 4.92 Å². The maximum Gasteiger partial charge on any atom is 0.242 e. The van der Waals surface area contributed by atoms with Crippen LogP contribution < -0.4 is 0 Å². The molecule has 0 aromatic heterocycles. The normalized spacial score (nSPS) is 20.2. The molecule has 1 rings (SSSR count). The number of hydrogen-bond donors (Lipinski definition) is 0. The Labute approximate surface area is 77.7 Å². The highest BCUT2D eigenvalue weighted by molar-refractivity contribution is 4.95. The Morgan fingerprint density at radius 2 is 2.23 bits per heavy atom. The molecule has 0 unspecified atom stereocenters. The van der Waals surface area contributed by atoms with Gasteiger partial charge in [-0.2, -0.15) is 0 Å². The molecule has 0 N–H and O–H groups in total. The second-order valence-corrected chi connectivity index (χ2v) is 3.22. The molecular weight excluding hydrogens is 170 g/mol. The van der Waals surface area contributed by atoms with Crippen LogP contribution in [-0.4, -0.2) is 18.1 Å². The minimum absolute atomic E-state index is 0.282. The SMILES string of the molecule is CCC(=CC1CCOCC1)[N+](=O)[O-]. The molecule has 1 fully saturated rings. The molecule has 0 amide bonds. The monoisotopic (exact) mass is 185 g/mol. The van der Waals surface area contributed by atoms with Gasteiger partial charge in [0, 0.05) is 19.6 Å². The van der Waals surface area contributed by atoms with Gasteiger partial charge < -0.3 is 4.74 Å². The highest BCUT2D eigenvalue weighted by Crippen LogP contribution is 2.18. The van der Waals surface area contributed by atoms with Gasteiger partial charge in [-0.1, -0.05) is 6.92 Å². The molecule has 4 nitrogen and oxygen atoms in total. The highest BCUT2D eigenvalue weighted by Gasteiger charge is 2.16. The third-order valence-corrected chi connectivity index (χ3v) is 2.29. The number of hydrogen-bond acceptors (Lipinski definition) is 3. The molecule has 1 heterocycles. The molecule has 0 aromatic rings. The zero-order valence-electron chi connectivity index (χ0n) is 7.86. The lowest BCUT2D eigenvalue weighted by Crippen LogP contribution is -2.15. The van der Waals surface area contributed by atoms with Crippen LogP contribution in [0, 0.1) is 16.0 Å². The molecule has 0 spiro atoms. The van der Waals surface area contributed by atoms with Crippen molar-refractivity contribution in [3.63, 3.8) is 0 Å². The summed E-state index contributed by atoms with van der Waals surface area (Å²) in [6, 6.07) is 0. The molecule has 1 saturated heterocycles. The molecule has 0 bridgehead atoms. The van der Waals surface area contributed by atoms with Gasteiger partial charge in [-0.25, -0.2) is 0 Å². The van der Waals surface area contributed by atoms with E-state index >= 15 is 0 Å². The van der Waals surface area contributed by atoms with E-state index in [1.165, 1.54) is 0 Å². The minimum Gasteiger partial charge on any atom is -0.381 e. The molecule has 74 valence electrons. The standard InChI is InChI=1S/C9H15NO3/c1-2-9(10(11)12)7-8-3-5-13-6-4-8/h7-8H,2-6H2,1H3. The van der Waals surface area contributed by atoms with E-state index in [4.69, 9.17) is 4.74 Å². The van der Waals surface area contributed by atoms with Crippen LogP contribution in [0.4, 0.5) is 0 Å². The Kier molecular flexibility index (Phi) is 3.89. The van der Waals surface area contributed by atoms with Crippen LogP contribution in [0.1, 0.15) is 26.2 Å². The van der Waals surface area contributed by atoms with Crippen LogP contribution in [0.25, 0.3) is 0 Å². The van der Waals surface area contributed by atoms with Crippen molar-refractivity contribution in [1.82, 2.24) is 0 Å². The summed E-state index contributed by atoms with van der Waals surface area (Å²) in [4.78, 5) is 10.2. The fraction of sp³-hybridized carbons (Fsp3) is 0.778. The van der Waals surface area contributed by atoms with Crippen molar-refractivity contribution in [2.24, 2.45) is 5.92 Å². The zero-order chi connectivity index (χ0) is 9.68. The second-order valence-electron chi connectivity index (χ2n) is 3.22. The average Bonchev–Trinajstić information content (AvgIpc) is 2.15. The summed E-state index contributed by atoms with van der Waals surface area (Å²) in [5, 5.41) is 10.5. The van der Waals surface area contributed by atoms with Crippen molar-refractivity contribution in [2.75, 3.05) is 13.2 Å². The second kappa shape index (κ2) is 4.97. The predicted molar refractivity (Wildman–Crippen MR) is 48.9 cm³/mol. The van der Waals surface area contributed by atoms with Crippen molar-refractivity contribution in [2.45, 2.75) is 26.2 Å². The zero-order valence-corrected chi connectivity index (χ0v) is 7.86. The van der Waals surface area contributed by atoms with E-state index in [9.17, 15) is 10.1 Å². The number of nitro groups is 1. The first kappa shape index (κ1) is 10.2. The summed E-state index contributed by atoms with van der Waals surface area (Å²) in [5.74, 6) is 0.342. The van der Waals surface area contributed by atoms with Crippen LogP contribution in [-0.2, 0) is 4.74 Å². The molecule has 0 radical (unpaired) electrons. The van der Waals surface area contributed by atoms with Gasteiger partial charge in [-0.05, 0) is 24.8 Å². The highest BCUT2D eigenvalue weighted by atomic mass is 16.6. The Bertz CT molecular complexity index is 207. The van der Waals surface area contributed by atoms with E-state index in [-0.39, 0.29) is 4.92 Å². The lowest BCUT2D eigenvalue weighted by molar-refractivity contribution is -0.428. The smallest absolute Gasteiger partial charge is 0.242 e. The van der Waals surface area contributed by atoms with Gasteiger partial charge in [0.25, 0.3) is 0 Å². The van der Waals surface area contributed by atoms with E-state index in [0.717, 1.165) is 26.1 Å². The first-order valence-corrected chi connectivity index (χ1v) is 4.67. The predicted octanol–water partition coefficient (Wildman–Crippen LogP) is 1.98. The van der Waals surface area contributed by atoms with Gasteiger partial charge >= 0.3 is 0 Å². The Morgan fingerprint density at radius 1 is 1.62 bits per heavy atom. The summed E-state index contributed by atoms with van der Waals surface area (Å²) in [6.07, 6.45) is 4.13. The van der Waals surface area contributed by atoms with Crippen molar-refractivity contribution < 1.29 is 9.66 Å². The Balaban J connectivity index is 2.54. The lowest BCUT2D eigenvalue weighted by Gasteiger charge is -2.18. The molecule has 13 heavy (non-hydrogen) atoms. The molecular formula is C9H15NO3. The van der Waals surface area contributed by atoms with Crippen molar-refractivity contribution >= 4 is 0 Å². The Hall–Kier alpha value is -0.900. The van der Waals surface area contributed by atoms with E-state index in [1.54, 1.807) is 6.08 Å². The van der Waals surface area contributed by atoms with E-state index in [2.05, 4.69) is 0 Å². The quantitative estimate of drug-likeness (QED) is 0.499. The number of rotatable bonds is 3. The van der Waals surface area contributed by atoms with E-state index < -0.39 is 0 Å². The van der Waals surface area contributed by atoms with Gasteiger partial charge in [-0.15, -0.1) is 0 Å². The number of ether oxygens (including phenoxy) is 1. The van der Waals surface area contributed by atoms with Crippen molar-refractivity contribution in [3.05, 3.63) is 21.9 Å². The van der Waals surface area contributed by atoms with Gasteiger partial charge in [0.1, 0.15) is 0 Å². The number of nitrogens with zero attached hydrogens (tertiary/aromatic N) is 1. The molecule has 0 atom stereocenters. The first-order valence-electron chi connectivity index (χ1n) is 4.67. The lowest BCUT2D eigenvalue weighted by atomic mass is 9.99. The average molecular weight is 185 g/mol. The van der Waals surface area contributed by atoms with Crippen molar-refractivity contribution in [1.29, 1.82) is 0 Å². The molecule has 0 saturated carbocycles. The summed E-state index contributed by atoms with van der Waals surface area (Å²) < 4.78 is 5.18. The maximum absolute atomic E-state index is 10.5. The van der Waals surface area contributed by atoms with E-state index in [1.807, 2.05) is 6.92 Å². The fourth-order valence-electron chi connectivity index (χ4n) is 1.46. The first-order chi connectivity index (χ1) is 6.24.